The van der Waals surface area contributed by atoms with Crippen LogP contribution in [-0.2, 0) is 0 Å². The topological polar surface area (TPSA) is 55.4 Å². The lowest BCUT2D eigenvalue weighted by atomic mass is 10.2. The van der Waals surface area contributed by atoms with Gasteiger partial charge < -0.3 is 28.4 Å². The Morgan fingerprint density at radius 2 is 0.457 bits per heavy atom. The second-order valence-corrected chi connectivity index (χ2v) is 26.9. The van der Waals surface area contributed by atoms with Crippen LogP contribution in [0.3, 0.4) is 0 Å². The number of halogens is 2. The SMILES string of the molecule is CC(C)Oc1cc2c(cc1OC(C)C)[Si]1(Br)c3cc(OC(C)C)c(OC(C)C)cc3[Si]2(Br)c2cc(OC(C)C)c(OC(C)C)cc21. The molecule has 3 heterocycles. The van der Waals surface area contributed by atoms with E-state index in [-0.39, 0.29) is 36.6 Å². The largest absolute Gasteiger partial charge is 0.487 e. The van der Waals surface area contributed by atoms with Crippen molar-refractivity contribution in [1.82, 2.24) is 0 Å². The van der Waals surface area contributed by atoms with Gasteiger partial charge in [0.2, 0.25) is 13.4 Å². The van der Waals surface area contributed by atoms with Gasteiger partial charge in [0, 0.05) is 0 Å². The molecular formula is C36H48Br2O6Si2. The zero-order valence-corrected chi connectivity index (χ0v) is 34.3. The number of ether oxygens (including phenoxy) is 6. The number of benzene rings is 3. The lowest BCUT2D eigenvalue weighted by Crippen LogP contribution is -2.92. The van der Waals surface area contributed by atoms with Crippen molar-refractivity contribution in [1.29, 1.82) is 0 Å². The van der Waals surface area contributed by atoms with Gasteiger partial charge in [0.05, 0.1) is 36.6 Å². The van der Waals surface area contributed by atoms with Gasteiger partial charge in [0.15, 0.2) is 34.5 Å². The number of hydrogen-bond donors (Lipinski definition) is 0. The molecule has 0 spiro atoms. The summed E-state index contributed by atoms with van der Waals surface area (Å²) < 4.78 is 38.6. The van der Waals surface area contributed by atoms with Crippen LogP contribution in [0.5, 0.6) is 34.5 Å². The number of rotatable bonds is 12. The maximum absolute atomic E-state index is 6.44. The molecule has 0 aromatic heterocycles. The summed E-state index contributed by atoms with van der Waals surface area (Å²) in [5, 5.41) is 7.52. The van der Waals surface area contributed by atoms with E-state index >= 15 is 0 Å². The molecule has 3 aromatic carbocycles. The van der Waals surface area contributed by atoms with Gasteiger partial charge >= 0.3 is 0 Å². The molecule has 0 saturated heterocycles. The minimum Gasteiger partial charge on any atom is -0.487 e. The van der Waals surface area contributed by atoms with Gasteiger partial charge in [-0.05, 0) is 151 Å². The van der Waals surface area contributed by atoms with E-state index in [1.165, 1.54) is 31.1 Å². The Morgan fingerprint density at radius 1 is 0.326 bits per heavy atom. The van der Waals surface area contributed by atoms with Crippen LogP contribution in [0.25, 0.3) is 0 Å². The molecule has 6 nitrogen and oxygen atoms in total. The maximum atomic E-state index is 6.44. The smallest absolute Gasteiger partial charge is 0.221 e. The Bertz CT molecular complexity index is 1320. The molecule has 0 atom stereocenters. The summed E-state index contributed by atoms with van der Waals surface area (Å²) in [7, 11) is 0. The zero-order chi connectivity index (χ0) is 33.9. The van der Waals surface area contributed by atoms with E-state index < -0.39 is 13.4 Å². The average molecular weight is 793 g/mol. The third kappa shape index (κ3) is 6.23. The lowest BCUT2D eigenvalue weighted by Gasteiger charge is -2.50. The molecule has 250 valence electrons. The predicted octanol–water partition coefficient (Wildman–Crippen LogP) is 5.76. The van der Waals surface area contributed by atoms with Gasteiger partial charge in [-0.1, -0.05) is 0 Å². The molecule has 0 saturated carbocycles. The van der Waals surface area contributed by atoms with Crippen LogP contribution < -0.4 is 59.5 Å². The summed E-state index contributed by atoms with van der Waals surface area (Å²) in [4.78, 5) is 0. The molecule has 0 amide bonds. The quantitative estimate of drug-likeness (QED) is 0.172. The van der Waals surface area contributed by atoms with Gasteiger partial charge in [-0.15, -0.1) is 30.6 Å². The maximum Gasteiger partial charge on any atom is 0.221 e. The van der Waals surface area contributed by atoms with Crippen LogP contribution in [0.15, 0.2) is 36.4 Å². The highest BCUT2D eigenvalue weighted by Gasteiger charge is 2.61. The molecular weight excluding hydrogens is 744 g/mol. The van der Waals surface area contributed by atoms with E-state index in [0.29, 0.717) is 0 Å². The van der Waals surface area contributed by atoms with Gasteiger partial charge in [-0.3, -0.25) is 0 Å². The van der Waals surface area contributed by atoms with Crippen LogP contribution in [-0.4, -0.2) is 50.0 Å². The fourth-order valence-electron chi connectivity index (χ4n) is 6.34. The van der Waals surface area contributed by atoms with Gasteiger partial charge in [0.1, 0.15) is 0 Å². The second-order valence-electron chi connectivity index (χ2n) is 13.9. The molecule has 0 radical (unpaired) electrons. The van der Waals surface area contributed by atoms with Crippen LogP contribution >= 0.6 is 30.6 Å². The van der Waals surface area contributed by atoms with E-state index in [0.717, 1.165) is 34.5 Å². The van der Waals surface area contributed by atoms with Gasteiger partial charge in [-0.25, -0.2) is 0 Å². The Hall–Kier alpha value is -2.15. The molecule has 3 aliphatic rings. The Labute approximate surface area is 292 Å². The summed E-state index contributed by atoms with van der Waals surface area (Å²) >= 11 is 9.06. The minimum atomic E-state index is -2.88. The summed E-state index contributed by atoms with van der Waals surface area (Å²) in [6.45, 7) is 18.8. The monoisotopic (exact) mass is 790 g/mol. The van der Waals surface area contributed by atoms with E-state index in [9.17, 15) is 0 Å². The molecule has 46 heavy (non-hydrogen) atoms. The molecule has 0 aliphatic carbocycles. The first-order chi connectivity index (χ1) is 21.5. The van der Waals surface area contributed by atoms with Crippen LogP contribution in [0.1, 0.15) is 83.1 Å². The van der Waals surface area contributed by atoms with Crippen molar-refractivity contribution in [3.8, 4) is 34.5 Å². The van der Waals surface area contributed by atoms with Crippen molar-refractivity contribution in [2.45, 2.75) is 120 Å². The van der Waals surface area contributed by atoms with E-state index in [1.54, 1.807) is 0 Å². The third-order valence-electron chi connectivity index (χ3n) is 7.65. The minimum absolute atomic E-state index is 0.0143. The molecule has 0 unspecified atom stereocenters. The first-order valence-electron chi connectivity index (χ1n) is 16.4. The molecule has 0 N–H and O–H groups in total. The third-order valence-corrected chi connectivity index (χ3v) is 23.0. The molecule has 3 aliphatic heterocycles. The fraction of sp³-hybridized carbons (Fsp3) is 0.500. The lowest BCUT2D eigenvalue weighted by molar-refractivity contribution is 0.199. The Kier molecular flexibility index (Phi) is 9.97. The molecule has 10 heteroatoms. The van der Waals surface area contributed by atoms with E-state index in [2.05, 4.69) is 150 Å². The van der Waals surface area contributed by atoms with Gasteiger partial charge in [0.25, 0.3) is 0 Å². The summed E-state index contributed by atoms with van der Waals surface area (Å²) in [5.74, 6) is 4.54. The summed E-state index contributed by atoms with van der Waals surface area (Å²) in [6.07, 6.45) is -0.0856. The van der Waals surface area contributed by atoms with E-state index in [1.807, 2.05) is 0 Å². The van der Waals surface area contributed by atoms with Crippen molar-refractivity contribution >= 4 is 75.1 Å². The van der Waals surface area contributed by atoms with Crippen LogP contribution in [0.4, 0.5) is 0 Å². The highest BCUT2D eigenvalue weighted by molar-refractivity contribution is 9.28. The second kappa shape index (κ2) is 13.0. The highest BCUT2D eigenvalue weighted by atomic mass is 79.9. The Morgan fingerprint density at radius 3 is 0.565 bits per heavy atom. The first kappa shape index (κ1) is 35.2. The summed E-state index contributed by atoms with van der Waals surface area (Å²) in [5.41, 5.74) is 0. The average Bonchev–Trinajstić information content (AvgIpc) is 2.91. The van der Waals surface area contributed by atoms with Gasteiger partial charge in [-0.2, -0.15) is 0 Å². The van der Waals surface area contributed by atoms with Crippen molar-refractivity contribution in [2.24, 2.45) is 0 Å². The van der Waals surface area contributed by atoms with Crippen molar-refractivity contribution in [3.63, 3.8) is 0 Å². The van der Waals surface area contributed by atoms with Crippen molar-refractivity contribution < 1.29 is 28.4 Å². The predicted molar refractivity (Wildman–Crippen MR) is 201 cm³/mol. The van der Waals surface area contributed by atoms with Crippen molar-refractivity contribution in [3.05, 3.63) is 36.4 Å². The van der Waals surface area contributed by atoms with Crippen LogP contribution in [0.2, 0.25) is 0 Å². The number of hydrogen-bond acceptors (Lipinski definition) is 6. The van der Waals surface area contributed by atoms with E-state index in [4.69, 9.17) is 28.4 Å². The highest BCUT2D eigenvalue weighted by Crippen LogP contribution is 2.40. The summed E-state index contributed by atoms with van der Waals surface area (Å²) in [6, 6.07) is 13.4. The first-order valence-corrected chi connectivity index (χ1v) is 24.9. The van der Waals surface area contributed by atoms with Crippen LogP contribution in [0, 0.1) is 0 Å². The van der Waals surface area contributed by atoms with Crippen molar-refractivity contribution in [2.75, 3.05) is 0 Å². The standard InChI is InChI=1S/C36H48Br2O6Si2/c1-19(2)39-25-13-31-32(14-26(25)40-20(3)4)46(38)35-17-29(43-23(9)10)27(41-21(5)6)15-33(35)45(31,37)34-16-28(42-22(7)8)30(18-36(34)46)44-24(11)12/h13-24H,1-12H3. The molecule has 6 rings (SSSR count). The zero-order valence-electron chi connectivity index (χ0n) is 29.1. The molecule has 3 aromatic rings. The molecule has 2 bridgehead atoms. The Balaban J connectivity index is 1.91. The normalized spacial score (nSPS) is 19.6. The molecule has 0 fully saturated rings. The fourth-order valence-corrected chi connectivity index (χ4v) is 25.3.